The van der Waals surface area contributed by atoms with Gasteiger partial charge in [-0.05, 0) is 50.9 Å². The first-order valence-electron chi connectivity index (χ1n) is 10.0. The Balaban J connectivity index is 1.67. The molecule has 1 aliphatic rings. The van der Waals surface area contributed by atoms with Crippen molar-refractivity contribution in [1.29, 1.82) is 0 Å². The summed E-state index contributed by atoms with van der Waals surface area (Å²) in [7, 11) is 3.34. The summed E-state index contributed by atoms with van der Waals surface area (Å²) in [5.74, 6) is 1.58. The third-order valence-corrected chi connectivity index (χ3v) is 5.87. The van der Waals surface area contributed by atoms with E-state index in [1.54, 1.807) is 18.7 Å². The van der Waals surface area contributed by atoms with E-state index in [1.807, 2.05) is 26.0 Å². The summed E-state index contributed by atoms with van der Waals surface area (Å²) in [6.07, 6.45) is 3.37. The van der Waals surface area contributed by atoms with Crippen molar-refractivity contribution in [2.45, 2.75) is 45.7 Å². The van der Waals surface area contributed by atoms with Gasteiger partial charge in [-0.25, -0.2) is 9.50 Å². The minimum Gasteiger partial charge on any atom is -0.497 e. The maximum absolute atomic E-state index is 12.6. The number of rotatable bonds is 5. The molecule has 1 atom stereocenters. The van der Waals surface area contributed by atoms with Gasteiger partial charge in [-0.15, -0.1) is 0 Å². The van der Waals surface area contributed by atoms with Gasteiger partial charge in [-0.1, -0.05) is 6.42 Å². The van der Waals surface area contributed by atoms with Crippen LogP contribution in [0.2, 0.25) is 0 Å². The van der Waals surface area contributed by atoms with Gasteiger partial charge in [-0.2, -0.15) is 0 Å². The van der Waals surface area contributed by atoms with Crippen molar-refractivity contribution in [3.63, 3.8) is 0 Å². The van der Waals surface area contributed by atoms with Crippen LogP contribution in [0.4, 0.5) is 0 Å². The number of aromatic nitrogens is 3. The second-order valence-corrected chi connectivity index (χ2v) is 7.74. The van der Waals surface area contributed by atoms with E-state index in [1.165, 1.54) is 6.42 Å². The number of nitrogens with zero attached hydrogens (tertiary/aromatic N) is 3. The zero-order valence-corrected chi connectivity index (χ0v) is 17.5. The average molecular weight is 396 g/mol. The zero-order valence-electron chi connectivity index (χ0n) is 17.5. The third-order valence-electron chi connectivity index (χ3n) is 5.87. The maximum atomic E-state index is 12.6. The number of nitrogens with one attached hydrogen (secondary N) is 1. The van der Waals surface area contributed by atoms with Crippen LogP contribution in [0.25, 0.3) is 5.65 Å². The molecule has 0 saturated carbocycles. The normalized spacial score (nSPS) is 17.6. The predicted molar refractivity (Wildman–Crippen MR) is 112 cm³/mol. The molecule has 4 rings (SSSR count). The van der Waals surface area contributed by atoms with Gasteiger partial charge in [-0.3, -0.25) is 14.8 Å². The van der Waals surface area contributed by atoms with Crippen molar-refractivity contribution >= 4 is 5.65 Å². The van der Waals surface area contributed by atoms with Crippen LogP contribution >= 0.6 is 0 Å². The molecular weight excluding hydrogens is 368 g/mol. The van der Waals surface area contributed by atoms with E-state index in [2.05, 4.69) is 27.1 Å². The molecule has 0 amide bonds. The highest BCUT2D eigenvalue weighted by atomic mass is 16.5. The number of benzene rings is 1. The number of H-pyrrole nitrogens is 1. The number of aromatic amines is 1. The van der Waals surface area contributed by atoms with Crippen molar-refractivity contribution in [1.82, 2.24) is 19.5 Å². The van der Waals surface area contributed by atoms with Gasteiger partial charge in [0.15, 0.2) is 5.65 Å². The Morgan fingerprint density at radius 1 is 1.10 bits per heavy atom. The number of likely N-dealkylation sites (tertiary alicyclic amines) is 1. The van der Waals surface area contributed by atoms with Crippen LogP contribution in [-0.4, -0.2) is 40.3 Å². The second kappa shape index (κ2) is 7.91. The lowest BCUT2D eigenvalue weighted by molar-refractivity contribution is 0.137. The fraction of sp³-hybridized carbons (Fsp3) is 0.455. The second-order valence-electron chi connectivity index (χ2n) is 7.74. The van der Waals surface area contributed by atoms with Gasteiger partial charge in [0.1, 0.15) is 11.5 Å². The number of hydrogen-bond donors (Lipinski definition) is 1. The SMILES string of the molecule is COc1cc(CN2CCCC[C@@H]2c2cc3nc(C)c(C)c(=O)n3[nH]2)cc(OC)c1. The van der Waals surface area contributed by atoms with E-state index < -0.39 is 0 Å². The molecule has 1 saturated heterocycles. The number of piperidine rings is 1. The van der Waals surface area contributed by atoms with Crippen LogP contribution in [0.3, 0.4) is 0 Å². The van der Waals surface area contributed by atoms with E-state index in [-0.39, 0.29) is 11.6 Å². The molecule has 0 spiro atoms. The molecule has 7 nitrogen and oxygen atoms in total. The Morgan fingerprint density at radius 2 is 1.83 bits per heavy atom. The molecule has 0 unspecified atom stereocenters. The van der Waals surface area contributed by atoms with Crippen LogP contribution in [0.15, 0.2) is 29.1 Å². The number of aryl methyl sites for hydroxylation is 1. The minimum absolute atomic E-state index is 0.0290. The molecule has 0 bridgehead atoms. The Labute approximate surface area is 170 Å². The van der Waals surface area contributed by atoms with Crippen LogP contribution in [0.1, 0.15) is 47.8 Å². The number of ether oxygens (including phenoxy) is 2. The standard InChI is InChI=1S/C22H28N4O3/c1-14-15(2)23-21-12-19(24-26(21)22(14)27)20-7-5-6-8-25(20)13-16-9-17(28-3)11-18(10-16)29-4/h9-12,20,24H,5-8,13H2,1-4H3/t20-/m1/s1. The number of fused-ring (bicyclic) bond motifs is 1. The summed E-state index contributed by atoms with van der Waals surface area (Å²) in [5, 5.41) is 3.31. The monoisotopic (exact) mass is 396 g/mol. The smallest absolute Gasteiger partial charge is 0.275 e. The molecular formula is C22H28N4O3. The Hall–Kier alpha value is -2.80. The Morgan fingerprint density at radius 3 is 2.52 bits per heavy atom. The first-order chi connectivity index (χ1) is 14.0. The summed E-state index contributed by atoms with van der Waals surface area (Å²) in [4.78, 5) is 19.6. The molecule has 0 radical (unpaired) electrons. The average Bonchev–Trinajstić information content (AvgIpc) is 3.16. The fourth-order valence-electron chi connectivity index (χ4n) is 4.13. The first kappa shape index (κ1) is 19.5. The highest BCUT2D eigenvalue weighted by Crippen LogP contribution is 2.33. The van der Waals surface area contributed by atoms with Gasteiger partial charge in [0.05, 0.1) is 26.0 Å². The molecule has 7 heteroatoms. The Bertz CT molecular complexity index is 1060. The van der Waals surface area contributed by atoms with E-state index >= 15 is 0 Å². The number of hydrogen-bond acceptors (Lipinski definition) is 5. The van der Waals surface area contributed by atoms with Crippen LogP contribution < -0.4 is 15.0 Å². The fourth-order valence-corrected chi connectivity index (χ4v) is 4.13. The molecule has 1 aromatic carbocycles. The summed E-state index contributed by atoms with van der Waals surface area (Å²) >= 11 is 0. The largest absolute Gasteiger partial charge is 0.497 e. The van der Waals surface area contributed by atoms with E-state index in [9.17, 15) is 4.79 Å². The van der Waals surface area contributed by atoms with Crippen molar-refractivity contribution < 1.29 is 9.47 Å². The zero-order chi connectivity index (χ0) is 20.5. The van der Waals surface area contributed by atoms with Gasteiger partial charge >= 0.3 is 0 Å². The van der Waals surface area contributed by atoms with Gasteiger partial charge in [0, 0.05) is 29.9 Å². The van der Waals surface area contributed by atoms with Crippen molar-refractivity contribution in [3.05, 3.63) is 57.1 Å². The molecule has 29 heavy (non-hydrogen) atoms. The van der Waals surface area contributed by atoms with Crippen LogP contribution in [0.5, 0.6) is 11.5 Å². The molecule has 2 aromatic heterocycles. The van der Waals surface area contributed by atoms with E-state index in [4.69, 9.17) is 9.47 Å². The third kappa shape index (κ3) is 3.74. The highest BCUT2D eigenvalue weighted by Gasteiger charge is 2.26. The van der Waals surface area contributed by atoms with Crippen molar-refractivity contribution in [3.8, 4) is 11.5 Å². The molecule has 1 fully saturated rings. The van der Waals surface area contributed by atoms with E-state index in [0.29, 0.717) is 11.2 Å². The van der Waals surface area contributed by atoms with Crippen molar-refractivity contribution in [2.24, 2.45) is 0 Å². The molecule has 3 heterocycles. The first-order valence-corrected chi connectivity index (χ1v) is 10.0. The number of methoxy groups -OCH3 is 2. The van der Waals surface area contributed by atoms with E-state index in [0.717, 1.165) is 54.4 Å². The maximum Gasteiger partial charge on any atom is 0.275 e. The van der Waals surface area contributed by atoms with Crippen LogP contribution in [-0.2, 0) is 6.54 Å². The van der Waals surface area contributed by atoms with Crippen molar-refractivity contribution in [2.75, 3.05) is 20.8 Å². The summed E-state index contributed by atoms with van der Waals surface area (Å²) in [5.41, 5.74) is 4.30. The summed E-state index contributed by atoms with van der Waals surface area (Å²) < 4.78 is 12.4. The molecule has 0 aliphatic carbocycles. The summed E-state index contributed by atoms with van der Waals surface area (Å²) in [6, 6.07) is 8.22. The van der Waals surface area contributed by atoms with Gasteiger partial charge in [0.2, 0.25) is 0 Å². The van der Waals surface area contributed by atoms with Gasteiger partial charge in [0.25, 0.3) is 5.56 Å². The molecule has 3 aromatic rings. The Kier molecular flexibility index (Phi) is 5.32. The van der Waals surface area contributed by atoms with Gasteiger partial charge < -0.3 is 9.47 Å². The lowest BCUT2D eigenvalue weighted by Gasteiger charge is -2.35. The lowest BCUT2D eigenvalue weighted by Crippen LogP contribution is -2.33. The predicted octanol–water partition coefficient (Wildman–Crippen LogP) is 3.38. The topological polar surface area (TPSA) is 71.9 Å². The molecule has 1 N–H and O–H groups in total. The van der Waals surface area contributed by atoms with Crippen LogP contribution in [0, 0.1) is 13.8 Å². The molecule has 1 aliphatic heterocycles. The summed E-state index contributed by atoms with van der Waals surface area (Å²) in [6.45, 7) is 5.49. The lowest BCUT2D eigenvalue weighted by atomic mass is 9.98. The molecule has 154 valence electrons. The quantitative estimate of drug-likeness (QED) is 0.716. The highest BCUT2D eigenvalue weighted by molar-refractivity contribution is 5.42. The minimum atomic E-state index is -0.0290.